The van der Waals surface area contributed by atoms with E-state index in [0.717, 1.165) is 12.8 Å². The van der Waals surface area contributed by atoms with Crippen molar-refractivity contribution in [3.05, 3.63) is 11.8 Å². The summed E-state index contributed by atoms with van der Waals surface area (Å²) >= 11 is 0. The third-order valence-electron chi connectivity index (χ3n) is 2.27. The fourth-order valence-corrected chi connectivity index (χ4v) is 1.67. The van der Waals surface area contributed by atoms with Crippen molar-refractivity contribution >= 4 is 11.9 Å². The molecule has 0 fully saturated rings. The molecule has 17 heavy (non-hydrogen) atoms. The number of ether oxygens (including phenoxy) is 1. The molecule has 0 aromatic carbocycles. The van der Waals surface area contributed by atoms with Crippen molar-refractivity contribution < 1.29 is 14.3 Å². The molecule has 0 radical (unpaired) electrons. The molecular formula is C13H23NO3. The lowest BCUT2D eigenvalue weighted by atomic mass is 10.00. The molecule has 4 heteroatoms. The summed E-state index contributed by atoms with van der Waals surface area (Å²) < 4.78 is 4.83. The van der Waals surface area contributed by atoms with Crippen molar-refractivity contribution in [1.29, 1.82) is 0 Å². The van der Waals surface area contributed by atoms with Crippen LogP contribution in [0.2, 0.25) is 0 Å². The molecule has 98 valence electrons. The highest BCUT2D eigenvalue weighted by atomic mass is 16.5. The molecular weight excluding hydrogens is 218 g/mol. The Morgan fingerprint density at radius 3 is 2.47 bits per heavy atom. The highest BCUT2D eigenvalue weighted by molar-refractivity contribution is 5.84. The Bertz CT molecular complexity index is 284. The van der Waals surface area contributed by atoms with Gasteiger partial charge in [0.05, 0.1) is 6.61 Å². The van der Waals surface area contributed by atoms with Crippen molar-refractivity contribution in [2.45, 2.75) is 47.0 Å². The van der Waals surface area contributed by atoms with E-state index >= 15 is 0 Å². The molecule has 0 aromatic heterocycles. The van der Waals surface area contributed by atoms with E-state index in [4.69, 9.17) is 4.74 Å². The van der Waals surface area contributed by atoms with Gasteiger partial charge < -0.3 is 10.1 Å². The predicted octanol–water partition coefficient (Wildman–Crippen LogP) is 2.40. The third-order valence-corrected chi connectivity index (χ3v) is 2.27. The number of hydrogen-bond acceptors (Lipinski definition) is 3. The number of carbonyl (C=O) groups is 2. The van der Waals surface area contributed by atoms with E-state index in [-0.39, 0.29) is 5.91 Å². The second-order valence-corrected chi connectivity index (χ2v) is 4.20. The van der Waals surface area contributed by atoms with Gasteiger partial charge in [0.25, 0.3) is 0 Å². The van der Waals surface area contributed by atoms with Crippen molar-refractivity contribution in [2.24, 2.45) is 5.92 Å². The first-order chi connectivity index (χ1) is 7.99. The Labute approximate surface area is 103 Å². The van der Waals surface area contributed by atoms with Gasteiger partial charge in [-0.2, -0.15) is 0 Å². The number of carbonyl (C=O) groups excluding carboxylic acids is 2. The molecule has 4 nitrogen and oxygen atoms in total. The molecule has 0 heterocycles. The van der Waals surface area contributed by atoms with Crippen LogP contribution in [0, 0.1) is 5.92 Å². The highest BCUT2D eigenvalue weighted by Crippen LogP contribution is 2.14. The van der Waals surface area contributed by atoms with Crippen LogP contribution in [0.5, 0.6) is 0 Å². The fourth-order valence-electron chi connectivity index (χ4n) is 1.67. The van der Waals surface area contributed by atoms with Crippen LogP contribution in [0.3, 0.4) is 0 Å². The lowest BCUT2D eigenvalue weighted by Gasteiger charge is -2.13. The minimum absolute atomic E-state index is 0.163. The summed E-state index contributed by atoms with van der Waals surface area (Å²) in [5, 5.41) is 2.68. The van der Waals surface area contributed by atoms with E-state index in [1.165, 1.54) is 13.0 Å². The zero-order valence-corrected chi connectivity index (χ0v) is 11.2. The Kier molecular flexibility index (Phi) is 8.11. The van der Waals surface area contributed by atoms with Gasteiger partial charge in [-0.15, -0.1) is 0 Å². The number of nitrogens with one attached hydrogen (secondary N) is 1. The van der Waals surface area contributed by atoms with E-state index in [1.807, 2.05) is 0 Å². The maximum atomic E-state index is 11.3. The number of hydrogen-bond donors (Lipinski definition) is 1. The van der Waals surface area contributed by atoms with Crippen LogP contribution in [-0.4, -0.2) is 18.5 Å². The van der Waals surface area contributed by atoms with Gasteiger partial charge >= 0.3 is 5.97 Å². The summed E-state index contributed by atoms with van der Waals surface area (Å²) in [6.07, 6.45) is 4.22. The number of esters is 1. The summed E-state index contributed by atoms with van der Waals surface area (Å²) in [6.45, 7) is 7.74. The quantitative estimate of drug-likeness (QED) is 0.550. The second-order valence-electron chi connectivity index (χ2n) is 4.20. The predicted molar refractivity (Wildman–Crippen MR) is 67.2 cm³/mol. The first kappa shape index (κ1) is 15.7. The van der Waals surface area contributed by atoms with Crippen molar-refractivity contribution in [3.8, 4) is 0 Å². The molecule has 0 unspecified atom stereocenters. The Balaban J connectivity index is 4.51. The molecule has 0 aromatic rings. The van der Waals surface area contributed by atoms with Crippen LogP contribution in [0.1, 0.15) is 47.0 Å². The van der Waals surface area contributed by atoms with Gasteiger partial charge in [-0.1, -0.05) is 26.7 Å². The first-order valence-electron chi connectivity index (χ1n) is 6.14. The topological polar surface area (TPSA) is 55.4 Å². The standard InChI is InChI=1S/C13H23NO3/c1-5-7-10(3)8-12(14-11(4)15)9-13(16)17-6-2/h9-10H,5-8H2,1-4H3,(H,14,15)/b12-9-/t10-/m1/s1. The molecule has 0 saturated carbocycles. The average Bonchev–Trinajstić information content (AvgIpc) is 2.16. The van der Waals surface area contributed by atoms with Crippen LogP contribution in [-0.2, 0) is 14.3 Å². The lowest BCUT2D eigenvalue weighted by molar-refractivity contribution is -0.137. The largest absolute Gasteiger partial charge is 0.463 e. The molecule has 0 spiro atoms. The zero-order chi connectivity index (χ0) is 13.3. The Hall–Kier alpha value is -1.32. The molecule has 0 rings (SSSR count). The zero-order valence-electron chi connectivity index (χ0n) is 11.2. The molecule has 1 amide bonds. The summed E-state index contributed by atoms with van der Waals surface area (Å²) in [4.78, 5) is 22.4. The van der Waals surface area contributed by atoms with Gasteiger partial charge in [-0.25, -0.2) is 4.79 Å². The molecule has 0 bridgehead atoms. The van der Waals surface area contributed by atoms with E-state index in [0.29, 0.717) is 24.6 Å². The van der Waals surface area contributed by atoms with Gasteiger partial charge in [0.15, 0.2) is 0 Å². The number of rotatable bonds is 7. The minimum atomic E-state index is -0.403. The van der Waals surface area contributed by atoms with Crippen LogP contribution < -0.4 is 5.32 Å². The van der Waals surface area contributed by atoms with Gasteiger partial charge in [-0.05, 0) is 19.3 Å². The van der Waals surface area contributed by atoms with Crippen molar-refractivity contribution in [2.75, 3.05) is 6.61 Å². The smallest absolute Gasteiger partial charge is 0.332 e. The van der Waals surface area contributed by atoms with Crippen molar-refractivity contribution in [1.82, 2.24) is 5.32 Å². The monoisotopic (exact) mass is 241 g/mol. The summed E-state index contributed by atoms with van der Waals surface area (Å²) in [7, 11) is 0. The fraction of sp³-hybridized carbons (Fsp3) is 0.692. The lowest BCUT2D eigenvalue weighted by Crippen LogP contribution is -2.22. The molecule has 0 aliphatic rings. The van der Waals surface area contributed by atoms with E-state index in [1.54, 1.807) is 6.92 Å². The van der Waals surface area contributed by atoms with Crippen LogP contribution >= 0.6 is 0 Å². The maximum Gasteiger partial charge on any atom is 0.332 e. The summed E-state index contributed by atoms with van der Waals surface area (Å²) in [5.41, 5.74) is 0.636. The SMILES string of the molecule is CCC[C@@H](C)C/C(=C/C(=O)OCC)NC(C)=O. The molecule has 1 N–H and O–H groups in total. The maximum absolute atomic E-state index is 11.3. The molecule has 0 saturated heterocycles. The molecule has 1 atom stereocenters. The summed E-state index contributed by atoms with van der Waals surface area (Å²) in [5.74, 6) is -0.128. The van der Waals surface area contributed by atoms with E-state index in [9.17, 15) is 9.59 Å². The summed E-state index contributed by atoms with van der Waals surface area (Å²) in [6, 6.07) is 0. The van der Waals surface area contributed by atoms with E-state index < -0.39 is 5.97 Å². The Morgan fingerprint density at radius 1 is 1.35 bits per heavy atom. The highest BCUT2D eigenvalue weighted by Gasteiger charge is 2.09. The van der Waals surface area contributed by atoms with Crippen LogP contribution in [0.15, 0.2) is 11.8 Å². The van der Waals surface area contributed by atoms with Gasteiger partial charge in [0.1, 0.15) is 0 Å². The minimum Gasteiger partial charge on any atom is -0.463 e. The first-order valence-corrected chi connectivity index (χ1v) is 6.14. The van der Waals surface area contributed by atoms with Gasteiger partial charge in [0.2, 0.25) is 5.91 Å². The van der Waals surface area contributed by atoms with Gasteiger partial charge in [-0.3, -0.25) is 4.79 Å². The van der Waals surface area contributed by atoms with Crippen LogP contribution in [0.25, 0.3) is 0 Å². The normalized spacial score (nSPS) is 13.1. The van der Waals surface area contributed by atoms with Gasteiger partial charge in [0, 0.05) is 18.7 Å². The molecule has 0 aliphatic heterocycles. The van der Waals surface area contributed by atoms with Crippen LogP contribution in [0.4, 0.5) is 0 Å². The second kappa shape index (κ2) is 8.79. The number of allylic oxidation sites excluding steroid dienone is 1. The van der Waals surface area contributed by atoms with Crippen molar-refractivity contribution in [3.63, 3.8) is 0 Å². The molecule has 0 aliphatic carbocycles. The average molecular weight is 241 g/mol. The Morgan fingerprint density at radius 2 is 2.00 bits per heavy atom. The van der Waals surface area contributed by atoms with E-state index in [2.05, 4.69) is 19.2 Å². The number of amides is 1. The third kappa shape index (κ3) is 8.48.